The second-order valence-corrected chi connectivity index (χ2v) is 7.04. The minimum atomic E-state index is -0.231. The van der Waals surface area contributed by atoms with Crippen LogP contribution in [0.2, 0.25) is 0 Å². The summed E-state index contributed by atoms with van der Waals surface area (Å²) in [7, 11) is 1.70. The minimum absolute atomic E-state index is 0.0161. The second kappa shape index (κ2) is 8.77. The molecule has 2 aromatic rings. The Morgan fingerprint density at radius 2 is 1.90 bits per heavy atom. The van der Waals surface area contributed by atoms with Gasteiger partial charge in [-0.15, -0.1) is 0 Å². The minimum Gasteiger partial charge on any atom is -0.493 e. The molecule has 1 unspecified atom stereocenters. The van der Waals surface area contributed by atoms with E-state index in [9.17, 15) is 9.59 Å². The Kier molecular flexibility index (Phi) is 6.16. The number of amides is 1. The van der Waals surface area contributed by atoms with Gasteiger partial charge in [0.15, 0.2) is 0 Å². The number of rotatable bonds is 6. The van der Waals surface area contributed by atoms with Crippen LogP contribution < -0.4 is 15.4 Å². The van der Waals surface area contributed by atoms with E-state index in [-0.39, 0.29) is 23.6 Å². The summed E-state index contributed by atoms with van der Waals surface area (Å²) >= 11 is 0. The summed E-state index contributed by atoms with van der Waals surface area (Å²) in [4.78, 5) is 26.2. The lowest BCUT2D eigenvalue weighted by Gasteiger charge is -2.25. The number of fused-ring (bicyclic) bond motifs is 1. The number of carbonyl (C=O) groups is 2. The molecule has 0 radical (unpaired) electrons. The highest BCUT2D eigenvalue weighted by Gasteiger charge is 2.24. The predicted molar refractivity (Wildman–Crippen MR) is 111 cm³/mol. The number of nitrogens with two attached hydrogens (primary N) is 1. The molecule has 0 fully saturated rings. The van der Waals surface area contributed by atoms with E-state index in [2.05, 4.69) is 0 Å². The summed E-state index contributed by atoms with van der Waals surface area (Å²) in [5.41, 5.74) is 8.24. The summed E-state index contributed by atoms with van der Waals surface area (Å²) < 4.78 is 10.8. The maximum atomic E-state index is 12.9. The van der Waals surface area contributed by atoms with Crippen LogP contribution in [0, 0.1) is 11.3 Å². The Balaban J connectivity index is 1.74. The van der Waals surface area contributed by atoms with E-state index in [4.69, 9.17) is 20.6 Å². The third kappa shape index (κ3) is 4.74. The fraction of sp³-hybridized carbons (Fsp3) is 0.318. The van der Waals surface area contributed by atoms with E-state index in [0.717, 1.165) is 11.3 Å². The largest absolute Gasteiger partial charge is 0.493 e. The van der Waals surface area contributed by atoms with Gasteiger partial charge in [0.2, 0.25) is 0 Å². The SMILES string of the molecule is CCOC(=O)CC1COc2ccc(C(=O)N(C)c3ccc(C(=N)N)cc3)cc2C1. The van der Waals surface area contributed by atoms with Crippen molar-refractivity contribution in [3.8, 4) is 5.75 Å². The molecule has 7 nitrogen and oxygen atoms in total. The summed E-state index contributed by atoms with van der Waals surface area (Å²) in [6, 6.07) is 12.3. The molecule has 0 aromatic heterocycles. The molecule has 29 heavy (non-hydrogen) atoms. The Morgan fingerprint density at radius 3 is 2.55 bits per heavy atom. The summed E-state index contributed by atoms with van der Waals surface area (Å²) in [5, 5.41) is 7.46. The van der Waals surface area contributed by atoms with Gasteiger partial charge >= 0.3 is 5.97 Å². The summed E-state index contributed by atoms with van der Waals surface area (Å²) in [5.74, 6) is 0.373. The number of benzene rings is 2. The van der Waals surface area contributed by atoms with Crippen LogP contribution in [0.3, 0.4) is 0 Å². The molecule has 0 bridgehead atoms. The molecule has 0 saturated carbocycles. The Bertz CT molecular complexity index is 924. The number of ether oxygens (including phenoxy) is 2. The van der Waals surface area contributed by atoms with Gasteiger partial charge in [0.1, 0.15) is 11.6 Å². The van der Waals surface area contributed by atoms with Crippen molar-refractivity contribution in [3.05, 3.63) is 59.2 Å². The Morgan fingerprint density at radius 1 is 1.21 bits per heavy atom. The van der Waals surface area contributed by atoms with Gasteiger partial charge in [-0.2, -0.15) is 0 Å². The molecule has 3 rings (SSSR count). The average molecular weight is 395 g/mol. The first-order valence-electron chi connectivity index (χ1n) is 9.53. The van der Waals surface area contributed by atoms with Crippen molar-refractivity contribution in [3.63, 3.8) is 0 Å². The summed E-state index contributed by atoms with van der Waals surface area (Å²) in [6.07, 6.45) is 0.958. The van der Waals surface area contributed by atoms with Crippen LogP contribution in [0.1, 0.15) is 34.8 Å². The van der Waals surface area contributed by atoms with Gasteiger partial charge in [0.25, 0.3) is 5.91 Å². The second-order valence-electron chi connectivity index (χ2n) is 7.04. The fourth-order valence-corrected chi connectivity index (χ4v) is 3.35. The molecule has 0 aliphatic carbocycles. The zero-order chi connectivity index (χ0) is 21.0. The molecular formula is C22H25N3O4. The number of amidine groups is 1. The first-order chi connectivity index (χ1) is 13.9. The van der Waals surface area contributed by atoms with Crippen molar-refractivity contribution in [2.45, 2.75) is 19.8 Å². The molecule has 1 amide bonds. The van der Waals surface area contributed by atoms with Crippen LogP contribution >= 0.6 is 0 Å². The van der Waals surface area contributed by atoms with Crippen molar-refractivity contribution < 1.29 is 19.1 Å². The third-order valence-corrected chi connectivity index (χ3v) is 4.92. The molecular weight excluding hydrogens is 370 g/mol. The number of nitrogens with zero attached hydrogens (tertiary/aromatic N) is 1. The molecule has 1 aliphatic rings. The maximum Gasteiger partial charge on any atom is 0.306 e. The van der Waals surface area contributed by atoms with Gasteiger partial charge in [-0.3, -0.25) is 15.0 Å². The Labute approximate surface area is 169 Å². The lowest BCUT2D eigenvalue weighted by atomic mass is 9.93. The molecule has 0 spiro atoms. The van der Waals surface area contributed by atoms with E-state index < -0.39 is 0 Å². The van der Waals surface area contributed by atoms with E-state index in [0.29, 0.717) is 42.9 Å². The lowest BCUT2D eigenvalue weighted by molar-refractivity contribution is -0.144. The van der Waals surface area contributed by atoms with Crippen LogP contribution in [0.4, 0.5) is 5.69 Å². The number of carbonyl (C=O) groups excluding carboxylic acids is 2. The standard InChI is InChI=1S/C22H25N3O4/c1-3-28-20(26)11-14-10-17-12-16(6-9-19(17)29-13-14)22(27)25(2)18-7-4-15(5-8-18)21(23)24/h4-9,12,14H,3,10-11,13H2,1-2H3,(H3,23,24). The van der Waals surface area contributed by atoms with Gasteiger partial charge in [0, 0.05) is 29.8 Å². The van der Waals surface area contributed by atoms with E-state index in [1.54, 1.807) is 55.3 Å². The smallest absolute Gasteiger partial charge is 0.306 e. The molecule has 2 aromatic carbocycles. The maximum absolute atomic E-state index is 12.9. The molecule has 1 aliphatic heterocycles. The monoisotopic (exact) mass is 395 g/mol. The van der Waals surface area contributed by atoms with Crippen molar-refractivity contribution in [2.24, 2.45) is 11.7 Å². The van der Waals surface area contributed by atoms with Crippen LogP contribution in [0.25, 0.3) is 0 Å². The van der Waals surface area contributed by atoms with Crippen LogP contribution in [0.15, 0.2) is 42.5 Å². The number of nitrogens with one attached hydrogen (secondary N) is 1. The van der Waals surface area contributed by atoms with Gasteiger partial charge in [0.05, 0.1) is 19.6 Å². The molecule has 1 heterocycles. The zero-order valence-electron chi connectivity index (χ0n) is 16.6. The average Bonchev–Trinajstić information content (AvgIpc) is 2.72. The molecule has 0 saturated heterocycles. The first kappa shape index (κ1) is 20.4. The lowest BCUT2D eigenvalue weighted by Crippen LogP contribution is -2.28. The highest BCUT2D eigenvalue weighted by molar-refractivity contribution is 6.06. The van der Waals surface area contributed by atoms with E-state index in [1.165, 1.54) is 0 Å². The molecule has 152 valence electrons. The quantitative estimate of drug-likeness (QED) is 0.444. The number of nitrogen functional groups attached to an aromatic ring is 1. The van der Waals surface area contributed by atoms with Crippen molar-refractivity contribution in [1.82, 2.24) is 0 Å². The first-order valence-corrected chi connectivity index (χ1v) is 9.53. The van der Waals surface area contributed by atoms with E-state index >= 15 is 0 Å². The van der Waals surface area contributed by atoms with Gasteiger partial charge in [-0.05, 0) is 61.4 Å². The normalized spacial score (nSPS) is 15.0. The van der Waals surface area contributed by atoms with Crippen molar-refractivity contribution in [1.29, 1.82) is 5.41 Å². The Hall–Kier alpha value is -3.35. The number of hydrogen-bond donors (Lipinski definition) is 2. The number of anilines is 1. The molecule has 1 atom stereocenters. The van der Waals surface area contributed by atoms with Gasteiger partial charge in [-0.25, -0.2) is 0 Å². The highest BCUT2D eigenvalue weighted by atomic mass is 16.5. The molecule has 3 N–H and O–H groups in total. The fourth-order valence-electron chi connectivity index (χ4n) is 3.35. The predicted octanol–water partition coefficient (Wildman–Crippen LogP) is 2.75. The van der Waals surface area contributed by atoms with Crippen LogP contribution in [-0.4, -0.2) is 38.0 Å². The number of esters is 1. The highest BCUT2D eigenvalue weighted by Crippen LogP contribution is 2.30. The van der Waals surface area contributed by atoms with Crippen LogP contribution in [0.5, 0.6) is 5.75 Å². The van der Waals surface area contributed by atoms with Crippen molar-refractivity contribution >= 4 is 23.4 Å². The summed E-state index contributed by atoms with van der Waals surface area (Å²) in [6.45, 7) is 2.61. The number of hydrogen-bond acceptors (Lipinski definition) is 5. The molecule has 7 heteroatoms. The van der Waals surface area contributed by atoms with Gasteiger partial charge in [-0.1, -0.05) is 0 Å². The van der Waals surface area contributed by atoms with Crippen LogP contribution in [-0.2, 0) is 16.0 Å². The van der Waals surface area contributed by atoms with E-state index in [1.807, 2.05) is 6.07 Å². The van der Waals surface area contributed by atoms with Gasteiger partial charge < -0.3 is 20.1 Å². The third-order valence-electron chi connectivity index (χ3n) is 4.92. The van der Waals surface area contributed by atoms with Crippen molar-refractivity contribution in [2.75, 3.05) is 25.2 Å². The topological polar surface area (TPSA) is 106 Å². The zero-order valence-corrected chi connectivity index (χ0v) is 16.6.